The van der Waals surface area contributed by atoms with Crippen LogP contribution in [0.25, 0.3) is 0 Å². The van der Waals surface area contributed by atoms with Crippen LogP contribution in [0.2, 0.25) is 0 Å². The summed E-state index contributed by atoms with van der Waals surface area (Å²) in [6, 6.07) is 20.2. The van der Waals surface area contributed by atoms with Gasteiger partial charge in [-0.2, -0.15) is 4.39 Å². The molecule has 0 fully saturated rings. The van der Waals surface area contributed by atoms with Crippen molar-refractivity contribution in [1.29, 1.82) is 0 Å². The van der Waals surface area contributed by atoms with Crippen molar-refractivity contribution in [2.24, 2.45) is 0 Å². The van der Waals surface area contributed by atoms with Crippen molar-refractivity contribution in [2.45, 2.75) is 13.2 Å². The van der Waals surface area contributed by atoms with Crippen molar-refractivity contribution in [3.05, 3.63) is 95.6 Å². The molecule has 3 rings (SSSR count). The van der Waals surface area contributed by atoms with E-state index in [1.54, 1.807) is 0 Å². The van der Waals surface area contributed by atoms with Crippen LogP contribution in [0.5, 0.6) is 5.75 Å². The summed E-state index contributed by atoms with van der Waals surface area (Å²) < 4.78 is 19.2. The zero-order valence-corrected chi connectivity index (χ0v) is 13.5. The van der Waals surface area contributed by atoms with E-state index in [-0.39, 0.29) is 5.56 Å². The van der Waals surface area contributed by atoms with Crippen molar-refractivity contribution in [3.63, 3.8) is 0 Å². The van der Waals surface area contributed by atoms with E-state index < -0.39 is 11.9 Å². The number of amides is 1. The second kappa shape index (κ2) is 8.06. The van der Waals surface area contributed by atoms with Gasteiger partial charge in [0.15, 0.2) is 0 Å². The third kappa shape index (κ3) is 4.64. The minimum absolute atomic E-state index is 0.0645. The Kier molecular flexibility index (Phi) is 5.36. The maximum Gasteiger partial charge on any atom is 0.256 e. The Morgan fingerprint density at radius 1 is 0.960 bits per heavy atom. The number of rotatable bonds is 6. The second-order valence-corrected chi connectivity index (χ2v) is 5.44. The summed E-state index contributed by atoms with van der Waals surface area (Å²) in [5.74, 6) is -0.517. The van der Waals surface area contributed by atoms with Crippen LogP contribution in [-0.4, -0.2) is 10.9 Å². The fourth-order valence-corrected chi connectivity index (χ4v) is 2.28. The number of ether oxygens (including phenoxy) is 1. The van der Waals surface area contributed by atoms with E-state index in [9.17, 15) is 9.18 Å². The highest BCUT2D eigenvalue weighted by molar-refractivity contribution is 5.94. The van der Waals surface area contributed by atoms with Gasteiger partial charge >= 0.3 is 0 Å². The number of benzene rings is 2. The van der Waals surface area contributed by atoms with E-state index in [1.807, 2.05) is 54.6 Å². The molecular weight excluding hydrogens is 319 g/mol. The fourth-order valence-electron chi connectivity index (χ4n) is 2.28. The minimum atomic E-state index is -0.773. The molecule has 0 aliphatic heterocycles. The maximum atomic E-state index is 13.5. The van der Waals surface area contributed by atoms with Crippen molar-refractivity contribution in [1.82, 2.24) is 10.3 Å². The fraction of sp³-hybridized carbons (Fsp3) is 0.100. The van der Waals surface area contributed by atoms with E-state index in [0.717, 1.165) is 16.9 Å². The molecule has 0 spiro atoms. The Morgan fingerprint density at radius 2 is 1.72 bits per heavy atom. The molecule has 0 aliphatic rings. The number of carbonyl (C=O) groups excluding carboxylic acids is 1. The van der Waals surface area contributed by atoms with Crippen molar-refractivity contribution in [2.75, 3.05) is 0 Å². The van der Waals surface area contributed by atoms with E-state index in [4.69, 9.17) is 4.74 Å². The van der Waals surface area contributed by atoms with Crippen LogP contribution in [0.4, 0.5) is 4.39 Å². The van der Waals surface area contributed by atoms with Crippen LogP contribution in [0.1, 0.15) is 21.5 Å². The van der Waals surface area contributed by atoms with Gasteiger partial charge in [0, 0.05) is 12.7 Å². The van der Waals surface area contributed by atoms with Gasteiger partial charge in [0.2, 0.25) is 5.95 Å². The molecule has 1 aromatic heterocycles. The van der Waals surface area contributed by atoms with E-state index >= 15 is 0 Å². The summed E-state index contributed by atoms with van der Waals surface area (Å²) in [7, 11) is 0. The Bertz CT molecular complexity index is 836. The molecule has 1 amide bonds. The van der Waals surface area contributed by atoms with Crippen LogP contribution in [-0.2, 0) is 13.2 Å². The number of hydrogen-bond donors (Lipinski definition) is 1. The first-order valence-electron chi connectivity index (χ1n) is 7.87. The number of aromatic nitrogens is 1. The van der Waals surface area contributed by atoms with Crippen LogP contribution in [0.3, 0.4) is 0 Å². The summed E-state index contributed by atoms with van der Waals surface area (Å²) in [5.41, 5.74) is 1.92. The third-order valence-electron chi connectivity index (χ3n) is 3.63. The molecular formula is C20H17FN2O2. The monoisotopic (exact) mass is 336 g/mol. The van der Waals surface area contributed by atoms with Crippen LogP contribution < -0.4 is 10.1 Å². The summed E-state index contributed by atoms with van der Waals surface area (Å²) in [5, 5.41) is 2.67. The summed E-state index contributed by atoms with van der Waals surface area (Å²) in [6.45, 7) is 0.795. The molecule has 5 heteroatoms. The molecule has 1 heterocycles. The Hall–Kier alpha value is -3.21. The number of halogens is 1. The van der Waals surface area contributed by atoms with E-state index in [0.29, 0.717) is 13.2 Å². The summed E-state index contributed by atoms with van der Waals surface area (Å²) in [4.78, 5) is 15.4. The average molecular weight is 336 g/mol. The summed E-state index contributed by atoms with van der Waals surface area (Å²) in [6.07, 6.45) is 1.31. The maximum absolute atomic E-state index is 13.5. The molecule has 3 aromatic rings. The van der Waals surface area contributed by atoms with Gasteiger partial charge in [0.1, 0.15) is 12.4 Å². The molecule has 0 atom stereocenters. The molecule has 0 saturated heterocycles. The quantitative estimate of drug-likeness (QED) is 0.698. The lowest BCUT2D eigenvalue weighted by Gasteiger charge is -2.08. The standard InChI is InChI=1S/C20H17FN2O2/c21-19-18(7-4-12-22-19)20(24)23-13-15-8-10-17(11-9-15)25-14-16-5-2-1-3-6-16/h1-12H,13-14H2,(H,23,24). The predicted octanol–water partition coefficient (Wildman–Crippen LogP) is 3.73. The average Bonchev–Trinajstić information content (AvgIpc) is 2.66. The van der Waals surface area contributed by atoms with E-state index in [1.165, 1.54) is 18.3 Å². The minimum Gasteiger partial charge on any atom is -0.489 e. The van der Waals surface area contributed by atoms with Crippen molar-refractivity contribution < 1.29 is 13.9 Å². The van der Waals surface area contributed by atoms with Gasteiger partial charge in [0.05, 0.1) is 5.56 Å². The molecule has 2 aromatic carbocycles. The highest BCUT2D eigenvalue weighted by Gasteiger charge is 2.11. The number of nitrogens with one attached hydrogen (secondary N) is 1. The normalized spacial score (nSPS) is 10.3. The Morgan fingerprint density at radius 3 is 2.44 bits per heavy atom. The predicted molar refractivity (Wildman–Crippen MR) is 92.6 cm³/mol. The molecule has 0 saturated carbocycles. The molecule has 0 radical (unpaired) electrons. The molecule has 4 nitrogen and oxygen atoms in total. The van der Waals surface area contributed by atoms with Crippen molar-refractivity contribution >= 4 is 5.91 Å². The molecule has 0 bridgehead atoms. The van der Waals surface area contributed by atoms with Crippen LogP contribution in [0.15, 0.2) is 72.9 Å². The first-order valence-corrected chi connectivity index (χ1v) is 7.87. The molecule has 1 N–H and O–H groups in total. The molecule has 0 aliphatic carbocycles. The van der Waals surface area contributed by atoms with Gasteiger partial charge in [-0.15, -0.1) is 0 Å². The van der Waals surface area contributed by atoms with Gasteiger partial charge in [-0.05, 0) is 35.4 Å². The lowest BCUT2D eigenvalue weighted by atomic mass is 10.2. The Labute approximate surface area is 145 Å². The molecule has 25 heavy (non-hydrogen) atoms. The first kappa shape index (κ1) is 16.6. The number of pyridine rings is 1. The Balaban J connectivity index is 1.52. The van der Waals surface area contributed by atoms with E-state index in [2.05, 4.69) is 10.3 Å². The summed E-state index contributed by atoms with van der Waals surface area (Å²) >= 11 is 0. The largest absolute Gasteiger partial charge is 0.489 e. The third-order valence-corrected chi connectivity index (χ3v) is 3.63. The second-order valence-electron chi connectivity index (χ2n) is 5.44. The highest BCUT2D eigenvalue weighted by Crippen LogP contribution is 2.14. The number of nitrogens with zero attached hydrogens (tertiary/aromatic N) is 1. The SMILES string of the molecule is O=C(NCc1ccc(OCc2ccccc2)cc1)c1cccnc1F. The zero-order valence-electron chi connectivity index (χ0n) is 13.5. The lowest BCUT2D eigenvalue weighted by Crippen LogP contribution is -2.24. The van der Waals surface area contributed by atoms with Gasteiger partial charge in [-0.25, -0.2) is 4.98 Å². The number of hydrogen-bond acceptors (Lipinski definition) is 3. The number of carbonyl (C=O) groups is 1. The topological polar surface area (TPSA) is 51.2 Å². The van der Waals surface area contributed by atoms with Crippen molar-refractivity contribution in [3.8, 4) is 5.75 Å². The van der Waals surface area contributed by atoms with Gasteiger partial charge in [0.25, 0.3) is 5.91 Å². The first-order chi connectivity index (χ1) is 12.2. The van der Waals surface area contributed by atoms with Gasteiger partial charge in [-0.3, -0.25) is 4.79 Å². The van der Waals surface area contributed by atoms with Crippen LogP contribution in [0, 0.1) is 5.95 Å². The lowest BCUT2D eigenvalue weighted by molar-refractivity contribution is 0.0946. The van der Waals surface area contributed by atoms with Gasteiger partial charge in [-0.1, -0.05) is 42.5 Å². The smallest absolute Gasteiger partial charge is 0.256 e. The highest BCUT2D eigenvalue weighted by atomic mass is 19.1. The molecule has 126 valence electrons. The van der Waals surface area contributed by atoms with Gasteiger partial charge < -0.3 is 10.1 Å². The molecule has 0 unspecified atom stereocenters. The van der Waals surface area contributed by atoms with Crippen LogP contribution >= 0.6 is 0 Å². The zero-order chi connectivity index (χ0) is 17.5.